The molecule has 17 heavy (non-hydrogen) atoms. The minimum Gasteiger partial charge on any atom is -0.294 e. The molecule has 0 unspecified atom stereocenters. The van der Waals surface area contributed by atoms with Crippen LogP contribution in [0.1, 0.15) is 73.3 Å². The summed E-state index contributed by atoms with van der Waals surface area (Å²) < 4.78 is 0. The Hall–Kier alpha value is -1.18. The molecule has 0 atom stereocenters. The Labute approximate surface area is 103 Å². The lowest BCUT2D eigenvalue weighted by Crippen LogP contribution is -2.13. The second-order valence-corrected chi connectivity index (χ2v) is 5.17. The van der Waals surface area contributed by atoms with Crippen molar-refractivity contribution in [2.75, 3.05) is 0 Å². The van der Waals surface area contributed by atoms with E-state index in [1.807, 2.05) is 6.92 Å². The first-order chi connectivity index (χ1) is 8.13. The summed E-state index contributed by atoms with van der Waals surface area (Å²) in [6.07, 6.45) is 5.20. The molecule has 92 valence electrons. The van der Waals surface area contributed by atoms with Gasteiger partial charge < -0.3 is 0 Å². The van der Waals surface area contributed by atoms with Crippen LogP contribution in [0.25, 0.3) is 0 Å². The summed E-state index contributed by atoms with van der Waals surface area (Å²) in [4.78, 5) is 16.7. The molecule has 0 bridgehead atoms. The number of nitrogens with zero attached hydrogens (tertiary/aromatic N) is 1. The zero-order valence-electron chi connectivity index (χ0n) is 11.0. The van der Waals surface area contributed by atoms with Crippen molar-refractivity contribution in [1.29, 1.82) is 0 Å². The fraction of sp³-hybridized carbons (Fsp3) is 0.600. The number of fused-ring (bicyclic) bond motifs is 1. The van der Waals surface area contributed by atoms with Gasteiger partial charge in [0.2, 0.25) is 0 Å². The highest BCUT2D eigenvalue weighted by molar-refractivity contribution is 5.97. The highest BCUT2D eigenvalue weighted by Crippen LogP contribution is 2.26. The Morgan fingerprint density at radius 3 is 2.71 bits per heavy atom. The van der Waals surface area contributed by atoms with E-state index in [1.165, 1.54) is 24.1 Å². The van der Waals surface area contributed by atoms with E-state index in [0.29, 0.717) is 12.3 Å². The average molecular weight is 231 g/mol. The Bertz CT molecular complexity index is 435. The van der Waals surface area contributed by atoms with E-state index in [-0.39, 0.29) is 5.78 Å². The summed E-state index contributed by atoms with van der Waals surface area (Å²) in [5, 5.41) is 0. The molecular weight excluding hydrogens is 210 g/mol. The van der Waals surface area contributed by atoms with Crippen LogP contribution >= 0.6 is 0 Å². The first kappa shape index (κ1) is 12.3. The van der Waals surface area contributed by atoms with Gasteiger partial charge in [0.25, 0.3) is 0 Å². The molecule has 1 aromatic rings. The van der Waals surface area contributed by atoms with Crippen LogP contribution < -0.4 is 0 Å². The van der Waals surface area contributed by atoms with E-state index in [2.05, 4.69) is 19.9 Å². The fourth-order valence-corrected chi connectivity index (χ4v) is 2.50. The van der Waals surface area contributed by atoms with Crippen LogP contribution in [-0.4, -0.2) is 10.8 Å². The molecule has 0 fully saturated rings. The summed E-state index contributed by atoms with van der Waals surface area (Å²) in [6.45, 7) is 6.15. The van der Waals surface area contributed by atoms with Crippen molar-refractivity contribution in [3.63, 3.8) is 0 Å². The molecule has 2 heteroatoms. The van der Waals surface area contributed by atoms with E-state index in [9.17, 15) is 4.79 Å². The quantitative estimate of drug-likeness (QED) is 0.743. The zero-order valence-corrected chi connectivity index (χ0v) is 11.0. The van der Waals surface area contributed by atoms with Crippen LogP contribution in [0.2, 0.25) is 0 Å². The summed E-state index contributed by atoms with van der Waals surface area (Å²) in [7, 11) is 0. The van der Waals surface area contributed by atoms with Crippen molar-refractivity contribution in [3.8, 4) is 0 Å². The lowest BCUT2D eigenvalue weighted by molar-refractivity contribution is 0.0986. The molecule has 0 spiro atoms. The van der Waals surface area contributed by atoms with Crippen LogP contribution in [0.15, 0.2) is 6.07 Å². The van der Waals surface area contributed by atoms with Crippen LogP contribution in [0.5, 0.6) is 0 Å². The van der Waals surface area contributed by atoms with E-state index in [0.717, 1.165) is 24.1 Å². The number of carbonyl (C=O) groups excluding carboxylic acids is 1. The SMILES string of the molecule is CCC(=O)c1cc2c(nc1C(C)C)CCCC2. The molecule has 0 amide bonds. The van der Waals surface area contributed by atoms with E-state index < -0.39 is 0 Å². The minimum absolute atomic E-state index is 0.231. The van der Waals surface area contributed by atoms with Crippen LogP contribution in [0, 0.1) is 0 Å². The van der Waals surface area contributed by atoms with Crippen LogP contribution in [-0.2, 0) is 12.8 Å². The van der Waals surface area contributed by atoms with Gasteiger partial charge in [0.15, 0.2) is 5.78 Å². The third-order valence-electron chi connectivity index (χ3n) is 3.50. The van der Waals surface area contributed by atoms with E-state index >= 15 is 0 Å². The van der Waals surface area contributed by atoms with Crippen molar-refractivity contribution in [3.05, 3.63) is 28.6 Å². The second-order valence-electron chi connectivity index (χ2n) is 5.17. The van der Waals surface area contributed by atoms with Gasteiger partial charge in [-0.2, -0.15) is 0 Å². The van der Waals surface area contributed by atoms with Gasteiger partial charge in [0, 0.05) is 17.7 Å². The maximum Gasteiger partial charge on any atom is 0.164 e. The minimum atomic E-state index is 0.231. The van der Waals surface area contributed by atoms with Crippen molar-refractivity contribution >= 4 is 5.78 Å². The molecule has 1 aliphatic carbocycles. The molecule has 1 aliphatic rings. The van der Waals surface area contributed by atoms with Crippen LogP contribution in [0.4, 0.5) is 0 Å². The standard InChI is InChI=1S/C15H21NO/c1-4-14(17)12-9-11-7-5-6-8-13(11)16-15(12)10(2)3/h9-10H,4-8H2,1-3H3. The zero-order chi connectivity index (χ0) is 12.4. The monoisotopic (exact) mass is 231 g/mol. The molecule has 2 nitrogen and oxygen atoms in total. The van der Waals surface area contributed by atoms with Gasteiger partial charge in [-0.3, -0.25) is 9.78 Å². The highest BCUT2D eigenvalue weighted by Gasteiger charge is 2.19. The van der Waals surface area contributed by atoms with Gasteiger partial charge in [-0.25, -0.2) is 0 Å². The maximum atomic E-state index is 12.0. The molecule has 0 aliphatic heterocycles. The van der Waals surface area contributed by atoms with Gasteiger partial charge in [-0.15, -0.1) is 0 Å². The van der Waals surface area contributed by atoms with Crippen LogP contribution in [0.3, 0.4) is 0 Å². The predicted molar refractivity (Wildman–Crippen MR) is 69.6 cm³/mol. The third-order valence-corrected chi connectivity index (χ3v) is 3.50. The number of Topliss-reactive ketones (excluding diaryl/α,β-unsaturated/α-hetero) is 1. The Morgan fingerprint density at radius 1 is 1.35 bits per heavy atom. The van der Waals surface area contributed by atoms with Crippen molar-refractivity contribution in [2.24, 2.45) is 0 Å². The number of aryl methyl sites for hydroxylation is 2. The molecular formula is C15H21NO. The first-order valence-electron chi connectivity index (χ1n) is 6.69. The van der Waals surface area contributed by atoms with Crippen molar-refractivity contribution in [1.82, 2.24) is 4.98 Å². The molecule has 0 N–H and O–H groups in total. The fourth-order valence-electron chi connectivity index (χ4n) is 2.50. The Balaban J connectivity index is 2.52. The molecule has 0 saturated carbocycles. The maximum absolute atomic E-state index is 12.0. The van der Waals surface area contributed by atoms with Gasteiger partial charge >= 0.3 is 0 Å². The topological polar surface area (TPSA) is 30.0 Å². The van der Waals surface area contributed by atoms with E-state index in [1.54, 1.807) is 0 Å². The third kappa shape index (κ3) is 2.41. The van der Waals surface area contributed by atoms with Crippen molar-refractivity contribution < 1.29 is 4.79 Å². The molecule has 0 radical (unpaired) electrons. The summed E-state index contributed by atoms with van der Waals surface area (Å²) in [5.74, 6) is 0.558. The second kappa shape index (κ2) is 4.99. The summed E-state index contributed by atoms with van der Waals surface area (Å²) in [5.41, 5.74) is 4.39. The smallest absolute Gasteiger partial charge is 0.164 e. The summed E-state index contributed by atoms with van der Waals surface area (Å²) in [6, 6.07) is 2.11. The molecule has 2 rings (SSSR count). The molecule has 0 saturated heterocycles. The van der Waals surface area contributed by atoms with E-state index in [4.69, 9.17) is 4.98 Å². The first-order valence-corrected chi connectivity index (χ1v) is 6.69. The van der Waals surface area contributed by atoms with Crippen molar-refractivity contribution in [2.45, 2.75) is 58.8 Å². The lowest BCUT2D eigenvalue weighted by atomic mass is 9.90. The predicted octanol–water partition coefficient (Wildman–Crippen LogP) is 3.68. The number of ketones is 1. The lowest BCUT2D eigenvalue weighted by Gasteiger charge is -2.19. The summed E-state index contributed by atoms with van der Waals surface area (Å²) >= 11 is 0. The molecule has 0 aromatic carbocycles. The normalized spacial score (nSPS) is 14.8. The molecule has 1 heterocycles. The number of rotatable bonds is 3. The number of carbonyl (C=O) groups is 1. The number of hydrogen-bond acceptors (Lipinski definition) is 2. The number of pyridine rings is 1. The van der Waals surface area contributed by atoms with Gasteiger partial charge in [-0.1, -0.05) is 20.8 Å². The Kier molecular flexibility index (Phi) is 3.60. The largest absolute Gasteiger partial charge is 0.294 e. The molecule has 1 aromatic heterocycles. The van der Waals surface area contributed by atoms with Gasteiger partial charge in [0.1, 0.15) is 0 Å². The Morgan fingerprint density at radius 2 is 2.06 bits per heavy atom. The highest BCUT2D eigenvalue weighted by atomic mass is 16.1. The number of hydrogen-bond donors (Lipinski definition) is 0. The van der Waals surface area contributed by atoms with Gasteiger partial charge in [-0.05, 0) is 43.2 Å². The number of aromatic nitrogens is 1. The average Bonchev–Trinajstić information content (AvgIpc) is 2.36. The van der Waals surface area contributed by atoms with Gasteiger partial charge in [0.05, 0.1) is 5.69 Å².